The molecule has 2 heterocycles. The van der Waals surface area contributed by atoms with E-state index in [1.807, 2.05) is 72.8 Å². The van der Waals surface area contributed by atoms with Gasteiger partial charge in [0.2, 0.25) is 5.13 Å². The molecule has 0 bridgehead atoms. The molecule has 0 aliphatic carbocycles. The molecule has 1 amide bonds. The van der Waals surface area contributed by atoms with Crippen molar-refractivity contribution in [2.75, 3.05) is 5.01 Å². The van der Waals surface area contributed by atoms with Gasteiger partial charge in [-0.25, -0.2) is 4.98 Å². The number of anilines is 1. The standard InChI is InChI=1S/C25H20N4OS/c1-17(18-10-4-2-5-11-18)26-16-20-23(19-12-6-3-7-13-19)28-29(24(20)30)25-27-21-14-8-9-15-22(21)31-25/h2-17,26H,1H3/b20-16+. The molecule has 1 atom stereocenters. The molecule has 31 heavy (non-hydrogen) atoms. The second-order valence-corrected chi connectivity index (χ2v) is 8.26. The van der Waals surface area contributed by atoms with E-state index >= 15 is 0 Å². The van der Waals surface area contributed by atoms with Crippen LogP contribution in [0.3, 0.4) is 0 Å². The molecular formula is C25H20N4OS. The summed E-state index contributed by atoms with van der Waals surface area (Å²) in [7, 11) is 0. The lowest BCUT2D eigenvalue weighted by atomic mass is 10.0. The summed E-state index contributed by atoms with van der Waals surface area (Å²) in [5.74, 6) is -0.189. The average Bonchev–Trinajstić information content (AvgIpc) is 3.39. The van der Waals surface area contributed by atoms with E-state index in [0.717, 1.165) is 21.3 Å². The quantitative estimate of drug-likeness (QED) is 0.443. The fourth-order valence-corrected chi connectivity index (χ4v) is 4.40. The molecule has 1 N–H and O–H groups in total. The van der Waals surface area contributed by atoms with Crippen molar-refractivity contribution in [3.63, 3.8) is 0 Å². The van der Waals surface area contributed by atoms with Crippen LogP contribution in [-0.4, -0.2) is 16.6 Å². The Hall–Kier alpha value is -3.77. The molecule has 0 saturated carbocycles. The van der Waals surface area contributed by atoms with Crippen molar-refractivity contribution in [2.45, 2.75) is 13.0 Å². The molecule has 5 rings (SSSR count). The van der Waals surface area contributed by atoms with E-state index in [9.17, 15) is 4.79 Å². The molecular weight excluding hydrogens is 404 g/mol. The summed E-state index contributed by atoms with van der Waals surface area (Å²) < 4.78 is 1.02. The van der Waals surface area contributed by atoms with E-state index in [-0.39, 0.29) is 11.9 Å². The van der Waals surface area contributed by atoms with Gasteiger partial charge in [-0.3, -0.25) is 4.79 Å². The minimum atomic E-state index is -0.189. The number of hydrogen-bond acceptors (Lipinski definition) is 5. The largest absolute Gasteiger partial charge is 0.384 e. The fourth-order valence-electron chi connectivity index (χ4n) is 3.48. The highest BCUT2D eigenvalue weighted by Gasteiger charge is 2.34. The zero-order chi connectivity index (χ0) is 21.2. The van der Waals surface area contributed by atoms with Crippen molar-refractivity contribution in [3.05, 3.63) is 108 Å². The number of fused-ring (bicyclic) bond motifs is 1. The molecule has 0 saturated heterocycles. The van der Waals surface area contributed by atoms with Crippen LogP contribution in [0.15, 0.2) is 102 Å². The number of nitrogens with one attached hydrogen (secondary N) is 1. The van der Waals surface area contributed by atoms with Gasteiger partial charge in [0, 0.05) is 17.8 Å². The van der Waals surface area contributed by atoms with Crippen LogP contribution in [0.4, 0.5) is 5.13 Å². The number of amides is 1. The summed E-state index contributed by atoms with van der Waals surface area (Å²) in [6.45, 7) is 2.07. The van der Waals surface area contributed by atoms with E-state index in [4.69, 9.17) is 0 Å². The van der Waals surface area contributed by atoms with Gasteiger partial charge < -0.3 is 5.32 Å². The number of carbonyl (C=O) groups excluding carboxylic acids is 1. The van der Waals surface area contributed by atoms with Gasteiger partial charge in [0.15, 0.2) is 0 Å². The maximum absolute atomic E-state index is 13.4. The first-order chi connectivity index (χ1) is 15.2. The minimum Gasteiger partial charge on any atom is -0.384 e. The highest BCUT2D eigenvalue weighted by Crippen LogP contribution is 2.33. The highest BCUT2D eigenvalue weighted by atomic mass is 32.1. The van der Waals surface area contributed by atoms with E-state index in [1.165, 1.54) is 16.3 Å². The average molecular weight is 425 g/mol. The Morgan fingerprint density at radius 1 is 0.935 bits per heavy atom. The zero-order valence-electron chi connectivity index (χ0n) is 16.9. The summed E-state index contributed by atoms with van der Waals surface area (Å²) in [5.41, 5.74) is 4.05. The number of benzene rings is 3. The topological polar surface area (TPSA) is 57.6 Å². The van der Waals surface area contributed by atoms with Crippen molar-refractivity contribution in [3.8, 4) is 0 Å². The second-order valence-electron chi connectivity index (χ2n) is 7.25. The Bertz CT molecular complexity index is 1260. The minimum absolute atomic E-state index is 0.0509. The van der Waals surface area contributed by atoms with Gasteiger partial charge in [-0.05, 0) is 24.6 Å². The van der Waals surface area contributed by atoms with Gasteiger partial charge >= 0.3 is 0 Å². The lowest BCUT2D eigenvalue weighted by Gasteiger charge is -2.13. The van der Waals surface area contributed by atoms with Crippen molar-refractivity contribution in [1.29, 1.82) is 0 Å². The van der Waals surface area contributed by atoms with E-state index in [1.54, 1.807) is 6.20 Å². The number of hydrazone groups is 1. The third-order valence-corrected chi connectivity index (χ3v) is 6.18. The Morgan fingerprint density at radius 3 is 2.35 bits per heavy atom. The predicted molar refractivity (Wildman–Crippen MR) is 126 cm³/mol. The van der Waals surface area contributed by atoms with Gasteiger partial charge in [-0.1, -0.05) is 84.1 Å². The summed E-state index contributed by atoms with van der Waals surface area (Å²) in [6.07, 6.45) is 1.78. The Kier molecular flexibility index (Phi) is 5.06. The molecule has 0 fully saturated rings. The lowest BCUT2D eigenvalue weighted by molar-refractivity contribution is -0.114. The van der Waals surface area contributed by atoms with Crippen LogP contribution in [0.1, 0.15) is 24.1 Å². The van der Waals surface area contributed by atoms with E-state index < -0.39 is 0 Å². The SMILES string of the molecule is CC(N/C=C1/C(=O)N(c2nc3ccccc3s2)N=C1c1ccccc1)c1ccccc1. The van der Waals surface area contributed by atoms with Gasteiger partial charge in [0.25, 0.3) is 5.91 Å². The molecule has 3 aromatic carbocycles. The fraction of sp³-hybridized carbons (Fsp3) is 0.0800. The Balaban J connectivity index is 1.52. The summed E-state index contributed by atoms with van der Waals surface area (Å²) in [6, 6.07) is 27.8. The van der Waals surface area contributed by atoms with Crippen LogP contribution in [-0.2, 0) is 4.79 Å². The highest BCUT2D eigenvalue weighted by molar-refractivity contribution is 7.22. The molecule has 1 unspecified atom stereocenters. The third kappa shape index (κ3) is 3.73. The number of thiazole rings is 1. The second kappa shape index (κ2) is 8.16. The number of hydrogen-bond donors (Lipinski definition) is 1. The van der Waals surface area contributed by atoms with Crippen molar-refractivity contribution in [2.24, 2.45) is 5.10 Å². The molecule has 6 heteroatoms. The van der Waals surface area contributed by atoms with Crippen LogP contribution in [0.5, 0.6) is 0 Å². The third-order valence-electron chi connectivity index (χ3n) is 5.17. The molecule has 1 aromatic heterocycles. The summed E-state index contributed by atoms with van der Waals surface area (Å²) in [5, 5.41) is 10.0. The normalized spacial score (nSPS) is 16.0. The monoisotopic (exact) mass is 424 g/mol. The van der Waals surface area contributed by atoms with E-state index in [2.05, 4.69) is 34.5 Å². The van der Waals surface area contributed by atoms with Crippen LogP contribution >= 0.6 is 11.3 Å². The molecule has 152 valence electrons. The van der Waals surface area contributed by atoms with Crippen molar-refractivity contribution in [1.82, 2.24) is 10.3 Å². The van der Waals surface area contributed by atoms with Crippen LogP contribution in [0, 0.1) is 0 Å². The van der Waals surface area contributed by atoms with Gasteiger partial charge in [-0.2, -0.15) is 10.1 Å². The predicted octanol–water partition coefficient (Wildman–Crippen LogP) is 5.28. The number of carbonyl (C=O) groups is 1. The van der Waals surface area contributed by atoms with Crippen LogP contribution in [0.2, 0.25) is 0 Å². The van der Waals surface area contributed by atoms with Gasteiger partial charge in [0.05, 0.1) is 15.8 Å². The smallest absolute Gasteiger partial charge is 0.284 e. The van der Waals surface area contributed by atoms with Crippen molar-refractivity contribution < 1.29 is 4.79 Å². The molecule has 4 aromatic rings. The first-order valence-electron chi connectivity index (χ1n) is 10.1. The molecule has 0 radical (unpaired) electrons. The summed E-state index contributed by atoms with van der Waals surface area (Å²) in [4.78, 5) is 18.0. The molecule has 1 aliphatic rings. The van der Waals surface area contributed by atoms with E-state index in [0.29, 0.717) is 16.4 Å². The maximum Gasteiger partial charge on any atom is 0.284 e. The number of rotatable bonds is 5. The molecule has 0 spiro atoms. The number of para-hydroxylation sites is 1. The Morgan fingerprint density at radius 2 is 1.61 bits per heavy atom. The van der Waals surface area contributed by atoms with Crippen molar-refractivity contribution >= 4 is 38.3 Å². The van der Waals surface area contributed by atoms with Gasteiger partial charge in [-0.15, -0.1) is 0 Å². The van der Waals surface area contributed by atoms with Gasteiger partial charge in [0.1, 0.15) is 5.71 Å². The molecule has 5 nitrogen and oxygen atoms in total. The number of aromatic nitrogens is 1. The Labute approximate surface area is 184 Å². The first-order valence-corrected chi connectivity index (χ1v) is 10.9. The lowest BCUT2D eigenvalue weighted by Crippen LogP contribution is -2.23. The maximum atomic E-state index is 13.4. The summed E-state index contributed by atoms with van der Waals surface area (Å²) >= 11 is 1.46. The first kappa shape index (κ1) is 19.2. The zero-order valence-corrected chi connectivity index (χ0v) is 17.7. The number of nitrogens with zero attached hydrogens (tertiary/aromatic N) is 3. The molecule has 1 aliphatic heterocycles. The van der Waals surface area contributed by atoms with Crippen LogP contribution < -0.4 is 10.3 Å². The van der Waals surface area contributed by atoms with Crippen LogP contribution in [0.25, 0.3) is 10.2 Å².